The zero-order valence-electron chi connectivity index (χ0n) is 26.6. The van der Waals surface area contributed by atoms with Crippen molar-refractivity contribution in [1.29, 1.82) is 0 Å². The number of benzene rings is 1. The Bertz CT molecular complexity index is 1730. The van der Waals surface area contributed by atoms with Crippen LogP contribution in [0.1, 0.15) is 72.4 Å². The Kier molecular flexibility index (Phi) is 9.44. The number of alkyl carbamates (subject to hydrolysis) is 2. The van der Waals surface area contributed by atoms with Crippen molar-refractivity contribution >= 4 is 38.9 Å². The Labute approximate surface area is 267 Å². The molecule has 2 aliphatic rings. The summed E-state index contributed by atoms with van der Waals surface area (Å²) in [6.07, 6.45) is -1.09. The zero-order chi connectivity index (χ0) is 35.3. The number of hydrogen-bond acceptors (Lipinski definition) is 9. The van der Waals surface area contributed by atoms with Gasteiger partial charge in [0, 0.05) is 36.0 Å². The van der Waals surface area contributed by atoms with Crippen molar-refractivity contribution in [2.24, 2.45) is 0 Å². The fourth-order valence-electron chi connectivity index (χ4n) is 5.14. The van der Waals surface area contributed by atoms with Gasteiger partial charge in [-0.25, -0.2) is 18.4 Å². The van der Waals surface area contributed by atoms with E-state index in [0.717, 1.165) is 0 Å². The number of alkyl halides is 4. The molecule has 0 bridgehead atoms. The first-order valence-electron chi connectivity index (χ1n) is 14.7. The predicted molar refractivity (Wildman–Crippen MR) is 160 cm³/mol. The molecule has 4 rings (SSSR count). The highest BCUT2D eigenvalue weighted by atomic mass is 32.2. The van der Waals surface area contributed by atoms with Crippen molar-refractivity contribution in [1.82, 2.24) is 15.2 Å². The molecule has 1 aromatic heterocycles. The predicted octanol–water partition coefficient (Wildman–Crippen LogP) is 5.17. The lowest BCUT2D eigenvalue weighted by Crippen LogP contribution is -2.43. The second kappa shape index (κ2) is 12.3. The number of amides is 2. The molecule has 18 heteroatoms. The fourth-order valence-corrected chi connectivity index (χ4v) is 5.61. The van der Waals surface area contributed by atoms with Crippen molar-refractivity contribution in [2.45, 2.75) is 95.8 Å². The van der Waals surface area contributed by atoms with Crippen molar-refractivity contribution < 1.29 is 53.6 Å². The van der Waals surface area contributed by atoms with Crippen LogP contribution in [0.4, 0.5) is 37.2 Å². The molecule has 1 saturated heterocycles. The van der Waals surface area contributed by atoms with E-state index in [1.165, 1.54) is 9.47 Å². The van der Waals surface area contributed by atoms with Crippen molar-refractivity contribution in [2.75, 3.05) is 24.5 Å². The summed E-state index contributed by atoms with van der Waals surface area (Å²) in [5.41, 5.74) is -11.4. The van der Waals surface area contributed by atoms with Crippen LogP contribution in [-0.2, 0) is 26.1 Å². The monoisotopic (exact) mass is 696 g/mol. The molecule has 2 N–H and O–H groups in total. The maximum Gasteiger partial charge on any atom is 0.534 e. The van der Waals surface area contributed by atoms with E-state index in [9.17, 15) is 36.0 Å². The van der Waals surface area contributed by atoms with Crippen LogP contribution < -0.4 is 25.3 Å². The number of anilines is 1. The molecule has 2 fully saturated rings. The Morgan fingerprint density at radius 3 is 2.11 bits per heavy atom. The maximum absolute atomic E-state index is 16.2. The first-order chi connectivity index (χ1) is 21.4. The molecule has 1 unspecified atom stereocenters. The van der Waals surface area contributed by atoms with Crippen LogP contribution in [0.2, 0.25) is 0 Å². The molecule has 0 spiro atoms. The van der Waals surface area contributed by atoms with E-state index in [1.807, 2.05) is 0 Å². The number of rotatable bonds is 8. The number of pyridine rings is 1. The molecule has 0 radical (unpaired) electrons. The summed E-state index contributed by atoms with van der Waals surface area (Å²) in [6.45, 7) is 7.98. The van der Waals surface area contributed by atoms with Crippen LogP contribution in [0.5, 0.6) is 5.75 Å². The Morgan fingerprint density at radius 2 is 1.57 bits per heavy atom. The number of carbonyl (C=O) groups is 2. The largest absolute Gasteiger partial charge is 0.534 e. The van der Waals surface area contributed by atoms with Crippen LogP contribution >= 0.6 is 0 Å². The molecule has 2 aromatic rings. The van der Waals surface area contributed by atoms with Crippen LogP contribution in [0, 0.1) is 5.82 Å². The minimum Gasteiger partial charge on any atom is -0.444 e. The van der Waals surface area contributed by atoms with Crippen LogP contribution in [0.3, 0.4) is 0 Å². The number of halogens is 5. The molecule has 2 heterocycles. The molecule has 47 heavy (non-hydrogen) atoms. The second-order valence-electron chi connectivity index (χ2n) is 13.5. The third kappa shape index (κ3) is 8.56. The number of ether oxygens (including phenoxy) is 2. The molecule has 1 saturated carbocycles. The Hall–Kier alpha value is -3.83. The SMILES string of the molecule is CC(C)(C)OC(=O)NCc1c(N2CCC(F)(CNC(=O)OC(C)(C)C)C2)c(F)cc2c(OS(=O)(=O)C(F)(F)F)cc(=O)n(C3CC3)c12. The van der Waals surface area contributed by atoms with E-state index >= 15 is 8.78 Å². The van der Waals surface area contributed by atoms with Crippen LogP contribution in [0.25, 0.3) is 10.9 Å². The fraction of sp³-hybridized carbons (Fsp3) is 0.621. The Balaban J connectivity index is 1.84. The molecular weight excluding hydrogens is 659 g/mol. The van der Waals surface area contributed by atoms with Crippen LogP contribution in [-0.4, -0.2) is 67.2 Å². The van der Waals surface area contributed by atoms with E-state index in [4.69, 9.17) is 9.47 Å². The lowest BCUT2D eigenvalue weighted by molar-refractivity contribution is -0.0499. The lowest BCUT2D eigenvalue weighted by Gasteiger charge is -2.28. The van der Waals surface area contributed by atoms with Gasteiger partial charge in [-0.05, 0) is 60.5 Å². The summed E-state index contributed by atoms with van der Waals surface area (Å²) in [5, 5.41) is 4.30. The molecule has 1 aromatic carbocycles. The smallest absolute Gasteiger partial charge is 0.444 e. The van der Waals surface area contributed by atoms with Gasteiger partial charge in [-0.1, -0.05) is 0 Å². The quantitative estimate of drug-likeness (QED) is 0.217. The topological polar surface area (TPSA) is 145 Å². The van der Waals surface area contributed by atoms with Crippen molar-refractivity contribution in [3.8, 4) is 5.75 Å². The summed E-state index contributed by atoms with van der Waals surface area (Å²) < 4.78 is 112. The van der Waals surface area contributed by atoms with Crippen molar-refractivity contribution in [3.63, 3.8) is 0 Å². The average Bonchev–Trinajstić information content (AvgIpc) is 3.64. The summed E-state index contributed by atoms with van der Waals surface area (Å²) >= 11 is 0. The number of aromatic nitrogens is 1. The highest BCUT2D eigenvalue weighted by Crippen LogP contribution is 2.44. The maximum atomic E-state index is 16.2. The van der Waals surface area contributed by atoms with Gasteiger partial charge >= 0.3 is 27.8 Å². The number of hydrogen-bond donors (Lipinski definition) is 2. The molecule has 1 atom stereocenters. The van der Waals surface area contributed by atoms with Gasteiger partial charge in [0.25, 0.3) is 5.56 Å². The van der Waals surface area contributed by atoms with E-state index in [2.05, 4.69) is 14.8 Å². The van der Waals surface area contributed by atoms with Gasteiger partial charge in [-0.15, -0.1) is 0 Å². The summed E-state index contributed by atoms with van der Waals surface area (Å²) in [6, 6.07) is 0.755. The first kappa shape index (κ1) is 36.0. The number of carbonyl (C=O) groups excluding carboxylic acids is 2. The molecule has 1 aliphatic heterocycles. The van der Waals surface area contributed by atoms with E-state index < -0.39 is 92.9 Å². The minimum atomic E-state index is -6.28. The van der Waals surface area contributed by atoms with Gasteiger partial charge in [0.2, 0.25) is 0 Å². The van der Waals surface area contributed by atoms with Crippen LogP contribution in [0.15, 0.2) is 16.9 Å². The lowest BCUT2D eigenvalue weighted by atomic mass is 10.0. The standard InChI is InChI=1S/C29H37F5N4O8S/c1-26(2,3)44-24(40)35-13-18-22-17(20(46-47(42,43)29(32,33)34)12-21(39)38(22)16-7-8-16)11-19(30)23(18)37-10-9-28(31,15-37)14-36-25(41)45-27(4,5)6/h11-12,16H,7-10,13-15H2,1-6H3,(H,35,40)(H,36,41). The number of nitrogens with zero attached hydrogens (tertiary/aromatic N) is 2. The molecule has 2 amide bonds. The highest BCUT2D eigenvalue weighted by molar-refractivity contribution is 7.88. The summed E-state index contributed by atoms with van der Waals surface area (Å²) in [4.78, 5) is 39.4. The molecule has 262 valence electrons. The normalized spacial score (nSPS) is 19.1. The van der Waals surface area contributed by atoms with E-state index in [-0.39, 0.29) is 29.7 Å². The third-order valence-electron chi connectivity index (χ3n) is 7.09. The van der Waals surface area contributed by atoms with E-state index in [0.29, 0.717) is 25.0 Å². The van der Waals surface area contributed by atoms with E-state index in [1.54, 1.807) is 41.5 Å². The van der Waals surface area contributed by atoms with Gasteiger partial charge in [-0.3, -0.25) is 4.79 Å². The van der Waals surface area contributed by atoms with Gasteiger partial charge in [-0.2, -0.15) is 21.6 Å². The van der Waals surface area contributed by atoms with Gasteiger partial charge in [0.05, 0.1) is 30.8 Å². The molecule has 1 aliphatic carbocycles. The number of nitrogens with one attached hydrogen (secondary N) is 2. The first-order valence-corrected chi connectivity index (χ1v) is 16.1. The Morgan fingerprint density at radius 1 is 1.00 bits per heavy atom. The number of fused-ring (bicyclic) bond motifs is 1. The highest BCUT2D eigenvalue weighted by Gasteiger charge is 2.49. The van der Waals surface area contributed by atoms with Gasteiger partial charge < -0.3 is 33.8 Å². The average molecular weight is 697 g/mol. The summed E-state index contributed by atoms with van der Waals surface area (Å²) in [7, 11) is -6.28. The minimum absolute atomic E-state index is 0.110. The van der Waals surface area contributed by atoms with Crippen molar-refractivity contribution in [3.05, 3.63) is 33.9 Å². The summed E-state index contributed by atoms with van der Waals surface area (Å²) in [5.74, 6) is -2.20. The zero-order valence-corrected chi connectivity index (χ0v) is 27.5. The van der Waals surface area contributed by atoms with Gasteiger partial charge in [0.15, 0.2) is 5.75 Å². The molecular formula is C29H37F5N4O8S. The third-order valence-corrected chi connectivity index (χ3v) is 8.06. The molecule has 12 nitrogen and oxygen atoms in total. The van der Waals surface area contributed by atoms with Gasteiger partial charge in [0.1, 0.15) is 22.7 Å². The second-order valence-corrected chi connectivity index (χ2v) is 15.1.